The number of amides is 1. The summed E-state index contributed by atoms with van der Waals surface area (Å²) in [6.07, 6.45) is 1.13. The van der Waals surface area contributed by atoms with Gasteiger partial charge < -0.3 is 10.6 Å². The monoisotopic (exact) mass is 354 g/mol. The molecule has 1 saturated heterocycles. The number of carbonyl (C=O) groups excluding carboxylic acids is 1. The normalized spacial score (nSPS) is 16.7. The lowest BCUT2D eigenvalue weighted by Crippen LogP contribution is -2.14. The predicted molar refractivity (Wildman–Crippen MR) is 93.3 cm³/mol. The first-order valence-corrected chi connectivity index (χ1v) is 7.58. The second-order valence-electron chi connectivity index (χ2n) is 5.39. The molecule has 3 rings (SSSR count). The van der Waals surface area contributed by atoms with E-state index in [1.807, 2.05) is 24.3 Å². The van der Waals surface area contributed by atoms with E-state index in [1.165, 1.54) is 17.7 Å². The van der Waals surface area contributed by atoms with Gasteiger partial charge in [0.15, 0.2) is 0 Å². The van der Waals surface area contributed by atoms with E-state index < -0.39 is 11.7 Å². The number of rotatable bonds is 3. The summed E-state index contributed by atoms with van der Waals surface area (Å²) >= 11 is 5.68. The summed E-state index contributed by atoms with van der Waals surface area (Å²) in [4.78, 5) is 12.1. The molecule has 0 bridgehead atoms. The van der Waals surface area contributed by atoms with Crippen LogP contribution in [0.2, 0.25) is 5.02 Å². The van der Waals surface area contributed by atoms with Crippen LogP contribution in [0.5, 0.6) is 0 Å². The van der Waals surface area contributed by atoms with Crippen molar-refractivity contribution in [1.82, 2.24) is 5.32 Å². The molecular formula is C17H17Cl2FN2O. The number of nitrogens with one attached hydrogen (secondary N) is 2. The maximum atomic E-state index is 13.7. The third-order valence-corrected chi connectivity index (χ3v) is 4.11. The zero-order chi connectivity index (χ0) is 15.5. The number of halogens is 3. The fraction of sp³-hybridized carbons (Fsp3) is 0.235. The molecule has 1 amide bonds. The second-order valence-corrected chi connectivity index (χ2v) is 5.83. The summed E-state index contributed by atoms with van der Waals surface area (Å²) in [7, 11) is 0. The number of anilines is 1. The average Bonchev–Trinajstić information content (AvgIpc) is 3.02. The van der Waals surface area contributed by atoms with Crippen molar-refractivity contribution in [3.63, 3.8) is 0 Å². The van der Waals surface area contributed by atoms with Crippen LogP contribution < -0.4 is 10.6 Å². The van der Waals surface area contributed by atoms with E-state index in [2.05, 4.69) is 10.6 Å². The molecule has 3 nitrogen and oxygen atoms in total. The topological polar surface area (TPSA) is 41.1 Å². The van der Waals surface area contributed by atoms with Crippen molar-refractivity contribution in [2.45, 2.75) is 12.3 Å². The third kappa shape index (κ3) is 4.22. The quantitative estimate of drug-likeness (QED) is 0.865. The Morgan fingerprint density at radius 2 is 1.96 bits per heavy atom. The van der Waals surface area contributed by atoms with Crippen molar-refractivity contribution in [2.24, 2.45) is 0 Å². The van der Waals surface area contributed by atoms with Crippen LogP contribution in [0.4, 0.5) is 10.1 Å². The van der Waals surface area contributed by atoms with Gasteiger partial charge in [-0.3, -0.25) is 4.79 Å². The van der Waals surface area contributed by atoms with Crippen LogP contribution in [0.15, 0.2) is 42.5 Å². The van der Waals surface area contributed by atoms with Gasteiger partial charge >= 0.3 is 0 Å². The number of carbonyl (C=O) groups is 1. The number of hydrogen-bond acceptors (Lipinski definition) is 2. The van der Waals surface area contributed by atoms with Crippen molar-refractivity contribution in [3.8, 4) is 0 Å². The lowest BCUT2D eigenvalue weighted by molar-refractivity contribution is 0.102. The van der Waals surface area contributed by atoms with E-state index in [1.54, 1.807) is 0 Å². The predicted octanol–water partition coefficient (Wildman–Crippen LogP) is 4.23. The smallest absolute Gasteiger partial charge is 0.258 e. The Morgan fingerprint density at radius 3 is 2.57 bits per heavy atom. The van der Waals surface area contributed by atoms with Crippen LogP contribution in [0, 0.1) is 5.82 Å². The van der Waals surface area contributed by atoms with E-state index in [-0.39, 0.29) is 23.0 Å². The molecule has 1 atom stereocenters. The standard InChI is InChI=1S/C17H16ClFN2O.ClH/c18-13-3-6-15(16(19)9-13)17(22)21-14-4-1-11(2-5-14)12-7-8-20-10-12;/h1-6,9,12,20H,7-8,10H2,(H,21,22);1H. The van der Waals surface area contributed by atoms with Gasteiger partial charge in [0.25, 0.3) is 5.91 Å². The lowest BCUT2D eigenvalue weighted by Gasteiger charge is -2.11. The molecule has 1 heterocycles. The molecule has 0 radical (unpaired) electrons. The van der Waals surface area contributed by atoms with Crippen LogP contribution in [-0.2, 0) is 0 Å². The summed E-state index contributed by atoms with van der Waals surface area (Å²) in [5.41, 5.74) is 1.88. The Labute approximate surface area is 145 Å². The molecule has 23 heavy (non-hydrogen) atoms. The molecule has 0 saturated carbocycles. The second kappa shape index (κ2) is 7.77. The highest BCUT2D eigenvalue weighted by Gasteiger charge is 2.17. The molecule has 2 N–H and O–H groups in total. The SMILES string of the molecule is Cl.O=C(Nc1ccc(C2CCNC2)cc1)c1ccc(Cl)cc1F. The molecule has 0 spiro atoms. The Bertz CT molecular complexity index is 685. The van der Waals surface area contributed by atoms with Gasteiger partial charge in [-0.15, -0.1) is 12.4 Å². The number of benzene rings is 2. The Morgan fingerprint density at radius 1 is 1.22 bits per heavy atom. The van der Waals surface area contributed by atoms with Crippen molar-refractivity contribution in [3.05, 3.63) is 64.4 Å². The van der Waals surface area contributed by atoms with Crippen LogP contribution >= 0.6 is 24.0 Å². The summed E-state index contributed by atoms with van der Waals surface area (Å²) < 4.78 is 13.7. The van der Waals surface area contributed by atoms with Gasteiger partial charge in [0, 0.05) is 17.3 Å². The molecular weight excluding hydrogens is 338 g/mol. The van der Waals surface area contributed by atoms with E-state index in [4.69, 9.17) is 11.6 Å². The van der Waals surface area contributed by atoms with Gasteiger partial charge in [0.05, 0.1) is 5.56 Å². The largest absolute Gasteiger partial charge is 0.322 e. The molecule has 0 aromatic heterocycles. The highest BCUT2D eigenvalue weighted by atomic mass is 35.5. The zero-order valence-corrected chi connectivity index (χ0v) is 13.9. The van der Waals surface area contributed by atoms with Gasteiger partial charge in [-0.05, 0) is 54.8 Å². The van der Waals surface area contributed by atoms with Gasteiger partial charge in [-0.2, -0.15) is 0 Å². The highest BCUT2D eigenvalue weighted by Crippen LogP contribution is 2.24. The van der Waals surface area contributed by atoms with Crippen LogP contribution in [0.3, 0.4) is 0 Å². The molecule has 122 valence electrons. The van der Waals surface area contributed by atoms with Gasteiger partial charge in [0.2, 0.25) is 0 Å². The van der Waals surface area contributed by atoms with Crippen LogP contribution in [-0.4, -0.2) is 19.0 Å². The maximum absolute atomic E-state index is 13.7. The maximum Gasteiger partial charge on any atom is 0.258 e. The molecule has 2 aromatic carbocycles. The first-order chi connectivity index (χ1) is 10.6. The fourth-order valence-corrected chi connectivity index (χ4v) is 2.81. The summed E-state index contributed by atoms with van der Waals surface area (Å²) in [5.74, 6) is -0.582. The van der Waals surface area contributed by atoms with E-state index in [0.29, 0.717) is 11.6 Å². The summed E-state index contributed by atoms with van der Waals surface area (Å²) in [5, 5.41) is 6.29. The fourth-order valence-electron chi connectivity index (χ4n) is 2.65. The lowest BCUT2D eigenvalue weighted by atomic mass is 9.98. The highest BCUT2D eigenvalue weighted by molar-refractivity contribution is 6.30. The van der Waals surface area contributed by atoms with E-state index in [0.717, 1.165) is 25.6 Å². The van der Waals surface area contributed by atoms with Crippen molar-refractivity contribution < 1.29 is 9.18 Å². The molecule has 1 fully saturated rings. The van der Waals surface area contributed by atoms with Crippen LogP contribution in [0.25, 0.3) is 0 Å². The van der Waals surface area contributed by atoms with Crippen molar-refractivity contribution in [2.75, 3.05) is 18.4 Å². The molecule has 1 unspecified atom stereocenters. The minimum Gasteiger partial charge on any atom is -0.322 e. The minimum absolute atomic E-state index is 0. The summed E-state index contributed by atoms with van der Waals surface area (Å²) in [6.45, 7) is 2.03. The van der Waals surface area contributed by atoms with Gasteiger partial charge in [0.1, 0.15) is 5.82 Å². The molecule has 0 aliphatic carbocycles. The van der Waals surface area contributed by atoms with Gasteiger partial charge in [-0.25, -0.2) is 4.39 Å². The Kier molecular flexibility index (Phi) is 5.99. The zero-order valence-electron chi connectivity index (χ0n) is 12.3. The third-order valence-electron chi connectivity index (χ3n) is 3.88. The van der Waals surface area contributed by atoms with Gasteiger partial charge in [-0.1, -0.05) is 23.7 Å². The summed E-state index contributed by atoms with van der Waals surface area (Å²) in [6, 6.07) is 11.7. The van der Waals surface area contributed by atoms with E-state index in [9.17, 15) is 9.18 Å². The first kappa shape index (κ1) is 17.7. The van der Waals surface area contributed by atoms with Crippen molar-refractivity contribution >= 4 is 35.6 Å². The first-order valence-electron chi connectivity index (χ1n) is 7.20. The Hall–Kier alpha value is -1.62. The Balaban J connectivity index is 0.00000192. The minimum atomic E-state index is -0.626. The molecule has 2 aromatic rings. The number of hydrogen-bond donors (Lipinski definition) is 2. The average molecular weight is 355 g/mol. The molecule has 1 aliphatic rings. The van der Waals surface area contributed by atoms with Crippen LogP contribution in [0.1, 0.15) is 28.3 Å². The van der Waals surface area contributed by atoms with Crippen molar-refractivity contribution in [1.29, 1.82) is 0 Å². The molecule has 1 aliphatic heterocycles. The van der Waals surface area contributed by atoms with E-state index >= 15 is 0 Å². The molecule has 6 heteroatoms.